The van der Waals surface area contributed by atoms with Crippen molar-refractivity contribution in [1.29, 1.82) is 0 Å². The molecule has 0 bridgehead atoms. The van der Waals surface area contributed by atoms with Crippen LogP contribution in [0.3, 0.4) is 0 Å². The number of pyridine rings is 2. The Balaban J connectivity index is 1.61. The highest BCUT2D eigenvalue weighted by Crippen LogP contribution is 2.34. The number of halogens is 2. The SMILES string of the molecule is CC(C)c1[nH]c(=O)c(-c2cc(Cl)ccc2F)cc1Nc1ccnc2[nH]c(C3CCNC3)cc12. The molecule has 1 aliphatic rings. The summed E-state index contributed by atoms with van der Waals surface area (Å²) < 4.78 is 14.6. The molecule has 5 rings (SSSR count). The molecule has 1 saturated heterocycles. The number of nitrogens with zero attached hydrogens (tertiary/aromatic N) is 1. The summed E-state index contributed by atoms with van der Waals surface area (Å²) in [5.41, 5.74) is 4.30. The van der Waals surface area contributed by atoms with Crippen LogP contribution in [0.15, 0.2) is 47.4 Å². The van der Waals surface area contributed by atoms with Crippen LogP contribution in [-0.4, -0.2) is 28.0 Å². The standard InChI is InChI=1S/C25H25ClFN5O/c1-13(2)23-22(10-17(25(33)32-23)16-9-15(26)3-4-19(16)27)30-20-6-8-29-24-18(20)11-21(31-24)14-5-7-28-12-14/h3-4,6,8-11,13-14,28H,5,7,12H2,1-2H3,(H,32,33)(H2,29,30,31). The van der Waals surface area contributed by atoms with Crippen LogP contribution >= 0.6 is 11.6 Å². The van der Waals surface area contributed by atoms with Gasteiger partial charge in [0.25, 0.3) is 5.56 Å². The number of anilines is 2. The molecule has 1 fully saturated rings. The largest absolute Gasteiger partial charge is 0.353 e. The second kappa shape index (κ2) is 8.65. The summed E-state index contributed by atoms with van der Waals surface area (Å²) in [4.78, 5) is 23.8. The van der Waals surface area contributed by atoms with E-state index in [0.29, 0.717) is 16.6 Å². The fourth-order valence-corrected chi connectivity index (χ4v) is 4.62. The third kappa shape index (κ3) is 4.14. The average Bonchev–Trinajstić information content (AvgIpc) is 3.46. The van der Waals surface area contributed by atoms with Crippen LogP contribution in [0.2, 0.25) is 5.02 Å². The van der Waals surface area contributed by atoms with Crippen molar-refractivity contribution in [1.82, 2.24) is 20.3 Å². The highest BCUT2D eigenvalue weighted by molar-refractivity contribution is 6.30. The van der Waals surface area contributed by atoms with Gasteiger partial charge in [-0.05, 0) is 55.3 Å². The van der Waals surface area contributed by atoms with Gasteiger partial charge >= 0.3 is 0 Å². The Labute approximate surface area is 195 Å². The molecule has 3 aromatic heterocycles. The van der Waals surface area contributed by atoms with E-state index in [2.05, 4.69) is 31.7 Å². The molecule has 0 amide bonds. The first-order valence-corrected chi connectivity index (χ1v) is 11.5. The van der Waals surface area contributed by atoms with Gasteiger partial charge in [-0.2, -0.15) is 0 Å². The quantitative estimate of drug-likeness (QED) is 0.306. The monoisotopic (exact) mass is 465 g/mol. The normalized spacial score (nSPS) is 16.1. The number of hydrogen-bond donors (Lipinski definition) is 4. The van der Waals surface area contributed by atoms with Crippen molar-refractivity contribution < 1.29 is 4.39 Å². The molecule has 1 atom stereocenters. The Bertz CT molecular complexity index is 1390. The summed E-state index contributed by atoms with van der Waals surface area (Å²) in [5.74, 6) is -0.0224. The topological polar surface area (TPSA) is 85.6 Å². The van der Waals surface area contributed by atoms with Gasteiger partial charge in [-0.1, -0.05) is 25.4 Å². The summed E-state index contributed by atoms with van der Waals surface area (Å²) >= 11 is 6.08. The molecular weight excluding hydrogens is 441 g/mol. The van der Waals surface area contributed by atoms with Crippen molar-refractivity contribution in [3.63, 3.8) is 0 Å². The maximum Gasteiger partial charge on any atom is 0.256 e. The lowest BCUT2D eigenvalue weighted by molar-refractivity contribution is 0.631. The van der Waals surface area contributed by atoms with E-state index >= 15 is 0 Å². The number of H-pyrrole nitrogens is 2. The fourth-order valence-electron chi connectivity index (χ4n) is 4.45. The predicted molar refractivity (Wildman–Crippen MR) is 131 cm³/mol. The molecule has 0 spiro atoms. The first kappa shape index (κ1) is 21.7. The number of aromatic nitrogens is 3. The second-order valence-corrected chi connectivity index (χ2v) is 9.21. The highest BCUT2D eigenvalue weighted by atomic mass is 35.5. The summed E-state index contributed by atoms with van der Waals surface area (Å²) in [6.45, 7) is 5.96. The van der Waals surface area contributed by atoms with Crippen LogP contribution in [0, 0.1) is 5.82 Å². The van der Waals surface area contributed by atoms with E-state index in [0.717, 1.165) is 47.6 Å². The Kier molecular flexibility index (Phi) is 5.68. The van der Waals surface area contributed by atoms with Crippen LogP contribution in [0.5, 0.6) is 0 Å². The van der Waals surface area contributed by atoms with Crippen molar-refractivity contribution in [3.05, 3.63) is 75.2 Å². The van der Waals surface area contributed by atoms with Gasteiger partial charge < -0.3 is 20.6 Å². The minimum Gasteiger partial charge on any atom is -0.353 e. The fraction of sp³-hybridized carbons (Fsp3) is 0.280. The number of nitrogens with one attached hydrogen (secondary N) is 4. The lowest BCUT2D eigenvalue weighted by Crippen LogP contribution is -2.15. The molecule has 4 heterocycles. The van der Waals surface area contributed by atoms with E-state index in [4.69, 9.17) is 11.6 Å². The average molecular weight is 466 g/mol. The Morgan fingerprint density at radius 3 is 2.73 bits per heavy atom. The first-order valence-electron chi connectivity index (χ1n) is 11.1. The minimum atomic E-state index is -0.500. The van der Waals surface area contributed by atoms with Crippen LogP contribution in [0.1, 0.15) is 43.5 Å². The van der Waals surface area contributed by atoms with Crippen molar-refractivity contribution in [2.45, 2.75) is 32.1 Å². The van der Waals surface area contributed by atoms with Gasteiger partial charge in [0.1, 0.15) is 11.5 Å². The maximum absolute atomic E-state index is 14.6. The third-order valence-electron chi connectivity index (χ3n) is 6.19. The molecule has 0 aliphatic carbocycles. The molecule has 1 aliphatic heterocycles. The number of aromatic amines is 2. The Morgan fingerprint density at radius 2 is 1.97 bits per heavy atom. The van der Waals surface area contributed by atoms with Gasteiger partial charge in [0.15, 0.2) is 0 Å². The molecule has 1 unspecified atom stereocenters. The minimum absolute atomic E-state index is 0.0436. The number of rotatable bonds is 5. The molecule has 170 valence electrons. The summed E-state index contributed by atoms with van der Waals surface area (Å²) in [6.07, 6.45) is 2.83. The van der Waals surface area contributed by atoms with E-state index in [1.165, 1.54) is 18.2 Å². The van der Waals surface area contributed by atoms with Crippen LogP contribution < -0.4 is 16.2 Å². The zero-order chi connectivity index (χ0) is 23.1. The zero-order valence-corrected chi connectivity index (χ0v) is 19.2. The van der Waals surface area contributed by atoms with Crippen molar-refractivity contribution in [3.8, 4) is 11.1 Å². The zero-order valence-electron chi connectivity index (χ0n) is 18.4. The van der Waals surface area contributed by atoms with Gasteiger partial charge in [-0.3, -0.25) is 4.79 Å². The van der Waals surface area contributed by atoms with Crippen LogP contribution in [0.4, 0.5) is 15.8 Å². The molecule has 0 radical (unpaired) electrons. The highest BCUT2D eigenvalue weighted by Gasteiger charge is 2.21. The Hall–Kier alpha value is -3.16. The van der Waals surface area contributed by atoms with E-state index in [1.807, 2.05) is 19.9 Å². The van der Waals surface area contributed by atoms with Crippen LogP contribution in [-0.2, 0) is 0 Å². The lowest BCUT2D eigenvalue weighted by atomic mass is 10.0. The third-order valence-corrected chi connectivity index (χ3v) is 6.42. The molecule has 33 heavy (non-hydrogen) atoms. The molecular formula is C25H25ClFN5O. The second-order valence-electron chi connectivity index (χ2n) is 8.78. The van der Waals surface area contributed by atoms with Crippen molar-refractivity contribution in [2.75, 3.05) is 18.4 Å². The van der Waals surface area contributed by atoms with Gasteiger partial charge in [-0.25, -0.2) is 9.37 Å². The predicted octanol–water partition coefficient (Wildman–Crippen LogP) is 5.65. The van der Waals surface area contributed by atoms with E-state index in [9.17, 15) is 9.18 Å². The molecule has 4 aromatic rings. The number of benzene rings is 1. The van der Waals surface area contributed by atoms with Gasteiger partial charge in [0, 0.05) is 46.0 Å². The summed E-state index contributed by atoms with van der Waals surface area (Å²) in [5, 5.41) is 8.20. The maximum atomic E-state index is 14.6. The molecule has 1 aromatic carbocycles. The smallest absolute Gasteiger partial charge is 0.256 e. The van der Waals surface area contributed by atoms with Crippen molar-refractivity contribution >= 4 is 34.0 Å². The Morgan fingerprint density at radius 1 is 1.12 bits per heavy atom. The van der Waals surface area contributed by atoms with Gasteiger partial charge in [-0.15, -0.1) is 0 Å². The molecule has 6 nitrogen and oxygen atoms in total. The van der Waals surface area contributed by atoms with Gasteiger partial charge in [0.2, 0.25) is 0 Å². The molecule has 8 heteroatoms. The van der Waals surface area contributed by atoms with Crippen LogP contribution in [0.25, 0.3) is 22.2 Å². The summed E-state index contributed by atoms with van der Waals surface area (Å²) in [7, 11) is 0. The number of fused-ring (bicyclic) bond motifs is 1. The van der Waals surface area contributed by atoms with E-state index in [-0.39, 0.29) is 22.6 Å². The first-order chi connectivity index (χ1) is 15.9. The van der Waals surface area contributed by atoms with Gasteiger partial charge in [0.05, 0.1) is 16.9 Å². The number of hydrogen-bond acceptors (Lipinski definition) is 4. The molecule has 4 N–H and O–H groups in total. The lowest BCUT2D eigenvalue weighted by Gasteiger charge is -2.17. The summed E-state index contributed by atoms with van der Waals surface area (Å²) in [6, 6.07) is 9.95. The van der Waals surface area contributed by atoms with E-state index in [1.54, 1.807) is 12.3 Å². The van der Waals surface area contributed by atoms with Crippen molar-refractivity contribution in [2.24, 2.45) is 0 Å². The molecule has 0 saturated carbocycles. The van der Waals surface area contributed by atoms with E-state index < -0.39 is 5.82 Å².